The summed E-state index contributed by atoms with van der Waals surface area (Å²) >= 11 is 0. The zero-order chi connectivity index (χ0) is 5.98. The van der Waals surface area contributed by atoms with Crippen molar-refractivity contribution in [1.29, 1.82) is 0 Å². The predicted molar refractivity (Wildman–Crippen MR) is 32.5 cm³/mol. The smallest absolute Gasteiger partial charge is 0.0769 e. The summed E-state index contributed by atoms with van der Waals surface area (Å²) in [4.78, 5) is 0.588. The molecule has 0 aromatic heterocycles. The van der Waals surface area contributed by atoms with Gasteiger partial charge in [0, 0.05) is 10.3 Å². The molecule has 0 amide bonds. The quantitative estimate of drug-likeness (QED) is 0.548. The SMILES string of the molecule is O=S1C=CC=C1CO. The van der Waals surface area contributed by atoms with Crippen LogP contribution in [0.5, 0.6) is 0 Å². The molecular weight excluding hydrogens is 124 g/mol. The normalized spacial score (nSPS) is 26.1. The molecule has 1 heterocycles. The molecule has 0 aromatic rings. The predicted octanol–water partition coefficient (Wildman–Crippen LogP) is 0.139. The maximum absolute atomic E-state index is 10.6. The van der Waals surface area contributed by atoms with Crippen molar-refractivity contribution in [2.24, 2.45) is 0 Å². The van der Waals surface area contributed by atoms with Crippen LogP contribution in [0.3, 0.4) is 0 Å². The van der Waals surface area contributed by atoms with Crippen LogP contribution in [-0.4, -0.2) is 15.9 Å². The van der Waals surface area contributed by atoms with Gasteiger partial charge in [0.05, 0.1) is 17.4 Å². The highest BCUT2D eigenvalue weighted by Gasteiger charge is 2.04. The number of rotatable bonds is 1. The largest absolute Gasteiger partial charge is 0.391 e. The molecule has 1 aliphatic rings. The van der Waals surface area contributed by atoms with Crippen LogP contribution in [0.25, 0.3) is 0 Å². The van der Waals surface area contributed by atoms with Gasteiger partial charge in [0.25, 0.3) is 0 Å². The molecule has 44 valence electrons. The molecule has 0 aliphatic carbocycles. The van der Waals surface area contributed by atoms with Gasteiger partial charge in [-0.15, -0.1) is 0 Å². The van der Waals surface area contributed by atoms with Crippen LogP contribution in [-0.2, 0) is 10.8 Å². The molecule has 0 fully saturated rings. The maximum Gasteiger partial charge on any atom is 0.0769 e. The minimum Gasteiger partial charge on any atom is -0.391 e. The Kier molecular flexibility index (Phi) is 1.60. The Morgan fingerprint density at radius 2 is 2.50 bits per heavy atom. The van der Waals surface area contributed by atoms with Gasteiger partial charge in [-0.25, -0.2) is 4.21 Å². The fraction of sp³-hybridized carbons (Fsp3) is 0.200. The summed E-state index contributed by atoms with van der Waals surface area (Å²) in [6.07, 6.45) is 3.35. The standard InChI is InChI=1S/C5H6O2S/c6-4-5-2-1-3-8(5)7/h1-3,6H,4H2. The van der Waals surface area contributed by atoms with E-state index < -0.39 is 10.8 Å². The van der Waals surface area contributed by atoms with Crippen molar-refractivity contribution >= 4 is 10.8 Å². The average molecular weight is 130 g/mol. The van der Waals surface area contributed by atoms with Crippen LogP contribution in [0.4, 0.5) is 0 Å². The number of aliphatic hydroxyl groups excluding tert-OH is 1. The molecule has 0 radical (unpaired) electrons. The lowest BCUT2D eigenvalue weighted by Gasteiger charge is -1.89. The molecule has 1 atom stereocenters. The second-order valence-corrected chi connectivity index (χ2v) is 2.81. The monoisotopic (exact) mass is 130 g/mol. The van der Waals surface area contributed by atoms with E-state index in [4.69, 9.17) is 5.11 Å². The van der Waals surface area contributed by atoms with Gasteiger partial charge >= 0.3 is 0 Å². The topological polar surface area (TPSA) is 37.3 Å². The van der Waals surface area contributed by atoms with E-state index in [1.54, 1.807) is 17.6 Å². The summed E-state index contributed by atoms with van der Waals surface area (Å²) in [5.41, 5.74) is 0. The van der Waals surface area contributed by atoms with Crippen molar-refractivity contribution in [3.05, 3.63) is 22.5 Å². The van der Waals surface area contributed by atoms with Gasteiger partial charge in [-0.1, -0.05) is 6.08 Å². The van der Waals surface area contributed by atoms with E-state index in [9.17, 15) is 4.21 Å². The van der Waals surface area contributed by atoms with Gasteiger partial charge in [-0.05, 0) is 6.08 Å². The minimum absolute atomic E-state index is 0.0976. The van der Waals surface area contributed by atoms with E-state index in [2.05, 4.69) is 0 Å². The highest BCUT2D eigenvalue weighted by Crippen LogP contribution is 2.08. The Balaban J connectivity index is 2.73. The van der Waals surface area contributed by atoms with E-state index in [1.807, 2.05) is 0 Å². The molecule has 1 N–H and O–H groups in total. The molecule has 1 aliphatic heterocycles. The van der Waals surface area contributed by atoms with Crippen LogP contribution in [0.1, 0.15) is 0 Å². The van der Waals surface area contributed by atoms with Gasteiger partial charge in [0.2, 0.25) is 0 Å². The highest BCUT2D eigenvalue weighted by molar-refractivity contribution is 7.92. The first-order chi connectivity index (χ1) is 3.84. The first-order valence-electron chi connectivity index (χ1n) is 2.23. The summed E-state index contributed by atoms with van der Waals surface area (Å²) in [5, 5.41) is 9.98. The van der Waals surface area contributed by atoms with E-state index in [0.29, 0.717) is 4.91 Å². The lowest BCUT2D eigenvalue weighted by atomic mass is 10.5. The minimum atomic E-state index is -1.03. The Hall–Kier alpha value is -0.410. The number of aliphatic hydroxyl groups is 1. The summed E-state index contributed by atoms with van der Waals surface area (Å²) in [6.45, 7) is -0.0976. The lowest BCUT2D eigenvalue weighted by molar-refractivity contribution is 0.339. The molecule has 3 heteroatoms. The highest BCUT2D eigenvalue weighted by atomic mass is 32.2. The zero-order valence-corrected chi connectivity index (χ0v) is 5.02. The van der Waals surface area contributed by atoms with Gasteiger partial charge in [0.15, 0.2) is 0 Å². The number of hydrogen-bond acceptors (Lipinski definition) is 2. The van der Waals surface area contributed by atoms with Crippen LogP contribution in [0.15, 0.2) is 22.5 Å². The maximum atomic E-state index is 10.6. The van der Waals surface area contributed by atoms with Gasteiger partial charge in [-0.3, -0.25) is 0 Å². The lowest BCUT2D eigenvalue weighted by Crippen LogP contribution is -1.91. The Morgan fingerprint density at radius 3 is 2.75 bits per heavy atom. The second-order valence-electron chi connectivity index (χ2n) is 1.42. The molecule has 0 bridgehead atoms. The number of hydrogen-bond donors (Lipinski definition) is 1. The third-order valence-electron chi connectivity index (χ3n) is 0.899. The van der Waals surface area contributed by atoms with Crippen molar-refractivity contribution in [3.8, 4) is 0 Å². The first-order valence-corrected chi connectivity index (χ1v) is 3.44. The van der Waals surface area contributed by atoms with Crippen molar-refractivity contribution in [2.45, 2.75) is 0 Å². The average Bonchev–Trinajstić information content (AvgIpc) is 2.14. The molecular formula is C5H6O2S. The Morgan fingerprint density at radius 1 is 1.75 bits per heavy atom. The fourth-order valence-corrected chi connectivity index (χ4v) is 1.22. The summed E-state index contributed by atoms with van der Waals surface area (Å²) < 4.78 is 10.6. The van der Waals surface area contributed by atoms with Crippen LogP contribution >= 0.6 is 0 Å². The molecule has 8 heavy (non-hydrogen) atoms. The summed E-state index contributed by atoms with van der Waals surface area (Å²) in [7, 11) is -1.03. The van der Waals surface area contributed by atoms with E-state index in [0.717, 1.165) is 0 Å². The molecule has 0 spiro atoms. The summed E-state index contributed by atoms with van der Waals surface area (Å²) in [6, 6.07) is 0. The molecule has 1 rings (SSSR count). The van der Waals surface area contributed by atoms with Crippen LogP contribution < -0.4 is 0 Å². The van der Waals surface area contributed by atoms with Crippen molar-refractivity contribution < 1.29 is 9.32 Å². The van der Waals surface area contributed by atoms with Crippen molar-refractivity contribution in [1.82, 2.24) is 0 Å². The molecule has 0 saturated heterocycles. The third kappa shape index (κ3) is 0.877. The van der Waals surface area contributed by atoms with Gasteiger partial charge in [0.1, 0.15) is 0 Å². The Labute approximate surface area is 50.0 Å². The van der Waals surface area contributed by atoms with Gasteiger partial charge < -0.3 is 5.11 Å². The fourth-order valence-electron chi connectivity index (χ4n) is 0.489. The van der Waals surface area contributed by atoms with E-state index in [1.165, 1.54) is 0 Å². The number of allylic oxidation sites excluding steroid dienone is 2. The van der Waals surface area contributed by atoms with Crippen LogP contribution in [0, 0.1) is 0 Å². The van der Waals surface area contributed by atoms with Crippen molar-refractivity contribution in [3.63, 3.8) is 0 Å². The third-order valence-corrected chi connectivity index (χ3v) is 2.08. The molecule has 2 nitrogen and oxygen atoms in total. The van der Waals surface area contributed by atoms with Crippen molar-refractivity contribution in [2.75, 3.05) is 6.61 Å². The molecule has 0 aromatic carbocycles. The molecule has 1 unspecified atom stereocenters. The van der Waals surface area contributed by atoms with E-state index >= 15 is 0 Å². The Bertz CT molecular complexity index is 169. The van der Waals surface area contributed by atoms with Gasteiger partial charge in [-0.2, -0.15) is 0 Å². The summed E-state index contributed by atoms with van der Waals surface area (Å²) in [5.74, 6) is 0. The second kappa shape index (κ2) is 2.24. The van der Waals surface area contributed by atoms with E-state index in [-0.39, 0.29) is 6.61 Å². The molecule has 0 saturated carbocycles. The zero-order valence-electron chi connectivity index (χ0n) is 4.20. The van der Waals surface area contributed by atoms with Crippen LogP contribution in [0.2, 0.25) is 0 Å². The first kappa shape index (κ1) is 5.72.